The molecule has 2 rings (SSSR count). The number of hydrogen-bond donors (Lipinski definition) is 0. The highest BCUT2D eigenvalue weighted by Crippen LogP contribution is 2.21. The molecular weight excluding hydrogens is 404 g/mol. The fraction of sp³-hybridized carbons (Fsp3) is 0.545. The predicted molar refractivity (Wildman–Crippen MR) is 116 cm³/mol. The van der Waals surface area contributed by atoms with Crippen molar-refractivity contribution in [3.05, 3.63) is 35.9 Å². The molecule has 0 aromatic heterocycles. The zero-order valence-corrected chi connectivity index (χ0v) is 18.9. The molecular formula is C22H32N2O5S. The van der Waals surface area contributed by atoms with E-state index in [1.54, 1.807) is 37.9 Å². The first kappa shape index (κ1) is 24.1. The number of likely N-dealkylation sites (N-methyl/N-ethyl adjacent to an activating group) is 1. The summed E-state index contributed by atoms with van der Waals surface area (Å²) >= 11 is 0. The van der Waals surface area contributed by atoms with Crippen LogP contribution in [0.15, 0.2) is 35.2 Å². The number of hydrogen-bond acceptors (Lipinski definition) is 5. The van der Waals surface area contributed by atoms with Crippen molar-refractivity contribution in [3.8, 4) is 0 Å². The minimum absolute atomic E-state index is 0.199. The number of sulfonamides is 1. The lowest BCUT2D eigenvalue weighted by molar-refractivity contribution is -0.148. The quantitative estimate of drug-likeness (QED) is 0.439. The summed E-state index contributed by atoms with van der Waals surface area (Å²) in [4.78, 5) is 26.0. The van der Waals surface area contributed by atoms with Crippen LogP contribution in [-0.4, -0.2) is 62.3 Å². The maximum atomic E-state index is 12.5. The van der Waals surface area contributed by atoms with Gasteiger partial charge in [-0.05, 0) is 36.6 Å². The Morgan fingerprint density at radius 1 is 1.07 bits per heavy atom. The largest absolute Gasteiger partial charge is 0.452 e. The van der Waals surface area contributed by atoms with Crippen LogP contribution in [0, 0.1) is 0 Å². The van der Waals surface area contributed by atoms with Gasteiger partial charge in [0.15, 0.2) is 6.61 Å². The summed E-state index contributed by atoms with van der Waals surface area (Å²) in [5, 5.41) is 0. The van der Waals surface area contributed by atoms with E-state index in [1.807, 2.05) is 0 Å². The van der Waals surface area contributed by atoms with Crippen LogP contribution in [0.4, 0.5) is 0 Å². The van der Waals surface area contributed by atoms with E-state index in [4.69, 9.17) is 4.74 Å². The van der Waals surface area contributed by atoms with Gasteiger partial charge in [-0.3, -0.25) is 4.79 Å². The summed E-state index contributed by atoms with van der Waals surface area (Å²) in [7, 11) is -1.75. The Bertz CT molecular complexity index is 839. The summed E-state index contributed by atoms with van der Waals surface area (Å²) < 4.78 is 31.4. The molecule has 0 atom stereocenters. The zero-order valence-electron chi connectivity index (χ0n) is 18.0. The van der Waals surface area contributed by atoms with E-state index in [0.29, 0.717) is 18.7 Å². The molecule has 1 aromatic rings. The number of carbonyl (C=O) groups is 2. The summed E-state index contributed by atoms with van der Waals surface area (Å²) in [6, 6.07) is 6.51. The first-order valence-electron chi connectivity index (χ1n) is 10.5. The van der Waals surface area contributed by atoms with Gasteiger partial charge in [0.05, 0.1) is 4.90 Å². The Kier molecular flexibility index (Phi) is 9.05. The van der Waals surface area contributed by atoms with E-state index in [-0.39, 0.29) is 23.5 Å². The zero-order chi connectivity index (χ0) is 22.1. The van der Waals surface area contributed by atoms with E-state index < -0.39 is 16.0 Å². The van der Waals surface area contributed by atoms with Crippen molar-refractivity contribution >= 4 is 28.0 Å². The van der Waals surface area contributed by atoms with Gasteiger partial charge in [0.2, 0.25) is 10.0 Å². The van der Waals surface area contributed by atoms with Crippen LogP contribution in [-0.2, 0) is 24.3 Å². The van der Waals surface area contributed by atoms with Crippen LogP contribution in [0.3, 0.4) is 0 Å². The van der Waals surface area contributed by atoms with Crippen molar-refractivity contribution in [2.75, 3.05) is 26.7 Å². The van der Waals surface area contributed by atoms with Crippen LogP contribution in [0.5, 0.6) is 0 Å². The second-order valence-electron chi connectivity index (χ2n) is 7.40. The molecule has 0 N–H and O–H groups in total. The molecule has 7 nitrogen and oxygen atoms in total. The minimum Gasteiger partial charge on any atom is -0.452 e. The highest BCUT2D eigenvalue weighted by Gasteiger charge is 2.23. The summed E-state index contributed by atoms with van der Waals surface area (Å²) in [5.41, 5.74) is 0.663. The molecule has 0 bridgehead atoms. The molecule has 0 aliphatic heterocycles. The Labute approximate surface area is 179 Å². The van der Waals surface area contributed by atoms with Gasteiger partial charge in [0, 0.05) is 32.3 Å². The Morgan fingerprint density at radius 3 is 2.23 bits per heavy atom. The van der Waals surface area contributed by atoms with Gasteiger partial charge in [-0.15, -0.1) is 0 Å². The number of carbonyl (C=O) groups excluding carboxylic acids is 2. The standard InChI is InChI=1S/C22H32N2O5S/c1-4-24(5-2)30(27,28)20-14-11-18(12-15-20)13-16-22(26)29-17-21(25)23(3)19-9-7-6-8-10-19/h11-16,19H,4-10,17H2,1-3H3/b16-13+. The number of esters is 1. The maximum absolute atomic E-state index is 12.5. The highest BCUT2D eigenvalue weighted by molar-refractivity contribution is 7.89. The van der Waals surface area contributed by atoms with Gasteiger partial charge in [0.25, 0.3) is 5.91 Å². The van der Waals surface area contributed by atoms with Crippen LogP contribution < -0.4 is 0 Å². The lowest BCUT2D eigenvalue weighted by Gasteiger charge is -2.31. The average Bonchev–Trinajstić information content (AvgIpc) is 2.77. The summed E-state index contributed by atoms with van der Waals surface area (Å²) in [6.07, 6.45) is 8.22. The lowest BCUT2D eigenvalue weighted by atomic mass is 9.94. The normalized spacial score (nSPS) is 15.5. The van der Waals surface area contributed by atoms with Crippen molar-refractivity contribution in [3.63, 3.8) is 0 Å². The van der Waals surface area contributed by atoms with Crippen molar-refractivity contribution in [2.24, 2.45) is 0 Å². The Balaban J connectivity index is 1.88. The molecule has 0 heterocycles. The molecule has 0 radical (unpaired) electrons. The van der Waals surface area contributed by atoms with Gasteiger partial charge in [-0.1, -0.05) is 45.2 Å². The Hall–Kier alpha value is -2.19. The summed E-state index contributed by atoms with van der Waals surface area (Å²) in [6.45, 7) is 4.11. The van der Waals surface area contributed by atoms with Crippen LogP contribution >= 0.6 is 0 Å². The van der Waals surface area contributed by atoms with Gasteiger partial charge < -0.3 is 9.64 Å². The molecule has 1 aromatic carbocycles. The second-order valence-corrected chi connectivity index (χ2v) is 9.33. The lowest BCUT2D eigenvalue weighted by Crippen LogP contribution is -2.40. The van der Waals surface area contributed by atoms with Gasteiger partial charge >= 0.3 is 5.97 Å². The van der Waals surface area contributed by atoms with E-state index in [9.17, 15) is 18.0 Å². The molecule has 1 aliphatic rings. The van der Waals surface area contributed by atoms with Crippen molar-refractivity contribution in [1.82, 2.24) is 9.21 Å². The molecule has 1 amide bonds. The fourth-order valence-corrected chi connectivity index (χ4v) is 5.04. The van der Waals surface area contributed by atoms with Crippen LogP contribution in [0.2, 0.25) is 0 Å². The molecule has 1 aliphatic carbocycles. The smallest absolute Gasteiger partial charge is 0.331 e. The predicted octanol–water partition coefficient (Wildman–Crippen LogP) is 3.06. The number of rotatable bonds is 9. The van der Waals surface area contributed by atoms with Crippen LogP contribution in [0.1, 0.15) is 51.5 Å². The SMILES string of the molecule is CCN(CC)S(=O)(=O)c1ccc(/C=C/C(=O)OCC(=O)N(C)C2CCCCC2)cc1. The highest BCUT2D eigenvalue weighted by atomic mass is 32.2. The third-order valence-corrected chi connectivity index (χ3v) is 7.55. The number of ether oxygens (including phenoxy) is 1. The van der Waals surface area contributed by atoms with Gasteiger partial charge in [-0.2, -0.15) is 4.31 Å². The number of amides is 1. The van der Waals surface area contributed by atoms with Crippen molar-refractivity contribution < 1.29 is 22.7 Å². The molecule has 0 unspecified atom stereocenters. The van der Waals surface area contributed by atoms with Gasteiger partial charge in [-0.25, -0.2) is 13.2 Å². The molecule has 0 spiro atoms. The maximum Gasteiger partial charge on any atom is 0.331 e. The van der Waals surface area contributed by atoms with E-state index >= 15 is 0 Å². The fourth-order valence-electron chi connectivity index (χ4n) is 3.58. The molecule has 1 fully saturated rings. The molecule has 30 heavy (non-hydrogen) atoms. The number of benzene rings is 1. The van der Waals surface area contributed by atoms with E-state index in [1.165, 1.54) is 35.0 Å². The van der Waals surface area contributed by atoms with Crippen molar-refractivity contribution in [1.29, 1.82) is 0 Å². The molecule has 0 saturated heterocycles. The Morgan fingerprint density at radius 2 is 1.67 bits per heavy atom. The first-order valence-corrected chi connectivity index (χ1v) is 11.9. The van der Waals surface area contributed by atoms with E-state index in [2.05, 4.69) is 0 Å². The average molecular weight is 437 g/mol. The van der Waals surface area contributed by atoms with Gasteiger partial charge in [0.1, 0.15) is 0 Å². The topological polar surface area (TPSA) is 84.0 Å². The molecule has 8 heteroatoms. The van der Waals surface area contributed by atoms with Crippen LogP contribution in [0.25, 0.3) is 6.08 Å². The molecule has 1 saturated carbocycles. The minimum atomic E-state index is -3.51. The summed E-state index contributed by atoms with van der Waals surface area (Å²) in [5.74, 6) is -0.810. The second kappa shape index (κ2) is 11.3. The third-order valence-electron chi connectivity index (χ3n) is 5.49. The first-order chi connectivity index (χ1) is 14.3. The molecule has 166 valence electrons. The van der Waals surface area contributed by atoms with E-state index in [0.717, 1.165) is 25.7 Å². The third kappa shape index (κ3) is 6.40. The number of nitrogens with zero attached hydrogens (tertiary/aromatic N) is 2. The van der Waals surface area contributed by atoms with Crippen molar-refractivity contribution in [2.45, 2.75) is 56.9 Å². The monoisotopic (exact) mass is 436 g/mol.